The van der Waals surface area contributed by atoms with Crippen LogP contribution in [0.1, 0.15) is 5.56 Å². The third kappa shape index (κ3) is 3.30. The lowest BCUT2D eigenvalue weighted by Gasteiger charge is -2.05. The number of nitro benzene ring substituents is 1. The summed E-state index contributed by atoms with van der Waals surface area (Å²) < 4.78 is 13.3. The van der Waals surface area contributed by atoms with Crippen LogP contribution in [0.4, 0.5) is 10.1 Å². The standard InChI is InChI=1S/C13H10FNO3S/c14-10-5-9(8-16)6-11(7-10)19-13-4-2-1-3-12(13)15(17)18/h1-7,16H,8H2. The quantitative estimate of drug-likeness (QED) is 0.688. The number of nitro groups is 1. The molecule has 2 aromatic carbocycles. The molecule has 0 aliphatic heterocycles. The topological polar surface area (TPSA) is 63.4 Å². The highest BCUT2D eigenvalue weighted by Gasteiger charge is 2.14. The van der Waals surface area contributed by atoms with E-state index in [0.717, 1.165) is 11.8 Å². The fraction of sp³-hybridized carbons (Fsp3) is 0.0769. The zero-order valence-electron chi connectivity index (χ0n) is 9.75. The monoisotopic (exact) mass is 279 g/mol. The van der Waals surface area contributed by atoms with Crippen molar-refractivity contribution in [3.8, 4) is 0 Å². The van der Waals surface area contributed by atoms with Gasteiger partial charge in [-0.2, -0.15) is 0 Å². The van der Waals surface area contributed by atoms with Gasteiger partial charge < -0.3 is 5.11 Å². The van der Waals surface area contributed by atoms with E-state index in [0.29, 0.717) is 15.4 Å². The van der Waals surface area contributed by atoms with Gasteiger partial charge >= 0.3 is 0 Å². The van der Waals surface area contributed by atoms with Crippen LogP contribution in [0.2, 0.25) is 0 Å². The van der Waals surface area contributed by atoms with Crippen LogP contribution in [0.25, 0.3) is 0 Å². The maximum absolute atomic E-state index is 13.3. The van der Waals surface area contributed by atoms with Crippen molar-refractivity contribution in [3.05, 3.63) is 64.0 Å². The number of hydrogen-bond donors (Lipinski definition) is 1. The number of halogens is 1. The van der Waals surface area contributed by atoms with Crippen molar-refractivity contribution >= 4 is 17.4 Å². The molecule has 0 atom stereocenters. The molecule has 0 unspecified atom stereocenters. The Hall–Kier alpha value is -1.92. The van der Waals surface area contributed by atoms with E-state index in [4.69, 9.17) is 5.11 Å². The van der Waals surface area contributed by atoms with Gasteiger partial charge in [0.15, 0.2) is 0 Å². The van der Waals surface area contributed by atoms with Gasteiger partial charge in [0.05, 0.1) is 16.4 Å². The fourth-order valence-corrected chi connectivity index (χ4v) is 2.62. The summed E-state index contributed by atoms with van der Waals surface area (Å²) in [5, 5.41) is 19.9. The number of aliphatic hydroxyl groups excluding tert-OH is 1. The molecule has 0 aromatic heterocycles. The first-order valence-electron chi connectivity index (χ1n) is 5.42. The summed E-state index contributed by atoms with van der Waals surface area (Å²) in [7, 11) is 0. The molecule has 2 rings (SSSR count). The fourth-order valence-electron chi connectivity index (χ4n) is 1.59. The van der Waals surface area contributed by atoms with Gasteiger partial charge in [0.2, 0.25) is 0 Å². The lowest BCUT2D eigenvalue weighted by atomic mass is 10.2. The maximum Gasteiger partial charge on any atom is 0.283 e. The Morgan fingerprint density at radius 1 is 1.26 bits per heavy atom. The third-order valence-corrected chi connectivity index (χ3v) is 3.44. The van der Waals surface area contributed by atoms with Crippen molar-refractivity contribution in [1.82, 2.24) is 0 Å². The molecule has 0 bridgehead atoms. The van der Waals surface area contributed by atoms with Crippen molar-refractivity contribution in [2.24, 2.45) is 0 Å². The van der Waals surface area contributed by atoms with Crippen molar-refractivity contribution in [2.75, 3.05) is 0 Å². The average Bonchev–Trinajstić information content (AvgIpc) is 2.38. The molecule has 0 heterocycles. The number of rotatable bonds is 4. The minimum atomic E-state index is -0.479. The van der Waals surface area contributed by atoms with E-state index in [9.17, 15) is 14.5 Å². The molecule has 0 saturated heterocycles. The second kappa shape index (κ2) is 5.81. The summed E-state index contributed by atoms with van der Waals surface area (Å²) in [5.74, 6) is -0.479. The minimum absolute atomic E-state index is 0.0256. The van der Waals surface area contributed by atoms with Gasteiger partial charge in [-0.25, -0.2) is 4.39 Å². The van der Waals surface area contributed by atoms with E-state index in [2.05, 4.69) is 0 Å². The van der Waals surface area contributed by atoms with Gasteiger partial charge in [0, 0.05) is 11.0 Å². The molecule has 4 nitrogen and oxygen atoms in total. The highest BCUT2D eigenvalue weighted by atomic mass is 32.2. The number of para-hydroxylation sites is 1. The van der Waals surface area contributed by atoms with Gasteiger partial charge in [-0.1, -0.05) is 23.9 Å². The number of hydrogen-bond acceptors (Lipinski definition) is 4. The number of benzene rings is 2. The van der Waals surface area contributed by atoms with Crippen LogP contribution in [-0.2, 0) is 6.61 Å². The summed E-state index contributed by atoms with van der Waals surface area (Å²) in [5.41, 5.74) is 0.406. The van der Waals surface area contributed by atoms with Gasteiger partial charge in [0.1, 0.15) is 5.82 Å². The Kier molecular flexibility index (Phi) is 4.13. The van der Waals surface area contributed by atoms with E-state index < -0.39 is 10.7 Å². The number of aliphatic hydroxyl groups is 1. The summed E-state index contributed by atoms with van der Waals surface area (Å²) in [6.07, 6.45) is 0. The van der Waals surface area contributed by atoms with Crippen LogP contribution < -0.4 is 0 Å². The first-order chi connectivity index (χ1) is 9.10. The summed E-state index contributed by atoms with van der Waals surface area (Å²) in [4.78, 5) is 11.3. The van der Waals surface area contributed by atoms with E-state index in [1.165, 1.54) is 18.2 Å². The Balaban J connectivity index is 2.36. The molecule has 19 heavy (non-hydrogen) atoms. The largest absolute Gasteiger partial charge is 0.392 e. The van der Waals surface area contributed by atoms with Crippen LogP contribution in [0.3, 0.4) is 0 Å². The Bertz CT molecular complexity index is 619. The van der Waals surface area contributed by atoms with Crippen LogP contribution >= 0.6 is 11.8 Å². The van der Waals surface area contributed by atoms with Crippen molar-refractivity contribution in [1.29, 1.82) is 0 Å². The van der Waals surface area contributed by atoms with E-state index in [1.807, 2.05) is 0 Å². The Labute approximate surface area is 113 Å². The molecule has 6 heteroatoms. The van der Waals surface area contributed by atoms with Gasteiger partial charge in [-0.3, -0.25) is 10.1 Å². The lowest BCUT2D eigenvalue weighted by Crippen LogP contribution is -1.91. The molecular formula is C13H10FNO3S. The predicted molar refractivity (Wildman–Crippen MR) is 69.5 cm³/mol. The normalized spacial score (nSPS) is 10.4. The molecular weight excluding hydrogens is 269 g/mol. The first-order valence-corrected chi connectivity index (χ1v) is 6.23. The third-order valence-electron chi connectivity index (χ3n) is 2.40. The minimum Gasteiger partial charge on any atom is -0.392 e. The first kappa shape index (κ1) is 13.5. The maximum atomic E-state index is 13.3. The van der Waals surface area contributed by atoms with Crippen LogP contribution in [0.15, 0.2) is 52.3 Å². The van der Waals surface area contributed by atoms with Crippen LogP contribution in [0, 0.1) is 15.9 Å². The van der Waals surface area contributed by atoms with Crippen molar-refractivity contribution < 1.29 is 14.4 Å². The summed E-state index contributed by atoms with van der Waals surface area (Å²) in [6.45, 7) is -0.276. The smallest absolute Gasteiger partial charge is 0.283 e. The molecule has 0 fully saturated rings. The number of nitrogens with zero attached hydrogens (tertiary/aromatic N) is 1. The SMILES string of the molecule is O=[N+]([O-])c1ccccc1Sc1cc(F)cc(CO)c1. The second-order valence-corrected chi connectivity index (χ2v) is 4.90. The molecule has 98 valence electrons. The second-order valence-electron chi connectivity index (χ2n) is 3.78. The zero-order chi connectivity index (χ0) is 13.8. The molecule has 0 saturated carbocycles. The van der Waals surface area contributed by atoms with Gasteiger partial charge in [0.25, 0.3) is 5.69 Å². The van der Waals surface area contributed by atoms with Crippen LogP contribution in [-0.4, -0.2) is 10.0 Å². The Morgan fingerprint density at radius 2 is 2.00 bits per heavy atom. The van der Waals surface area contributed by atoms with Crippen molar-refractivity contribution in [3.63, 3.8) is 0 Å². The zero-order valence-corrected chi connectivity index (χ0v) is 10.6. The molecule has 0 aliphatic carbocycles. The molecule has 0 aliphatic rings. The highest BCUT2D eigenvalue weighted by Crippen LogP contribution is 2.35. The molecule has 1 N–H and O–H groups in total. The Morgan fingerprint density at radius 3 is 2.68 bits per heavy atom. The average molecular weight is 279 g/mol. The summed E-state index contributed by atoms with van der Waals surface area (Å²) >= 11 is 1.09. The highest BCUT2D eigenvalue weighted by molar-refractivity contribution is 7.99. The van der Waals surface area contributed by atoms with Gasteiger partial charge in [-0.05, 0) is 29.8 Å². The van der Waals surface area contributed by atoms with Crippen molar-refractivity contribution in [2.45, 2.75) is 16.4 Å². The lowest BCUT2D eigenvalue weighted by molar-refractivity contribution is -0.387. The van der Waals surface area contributed by atoms with Gasteiger partial charge in [-0.15, -0.1) is 0 Å². The predicted octanol–water partition coefficient (Wildman–Crippen LogP) is 3.38. The molecule has 2 aromatic rings. The molecule has 0 spiro atoms. The molecule has 0 amide bonds. The van der Waals surface area contributed by atoms with Crippen LogP contribution in [0.5, 0.6) is 0 Å². The van der Waals surface area contributed by atoms with E-state index in [-0.39, 0.29) is 12.3 Å². The van der Waals surface area contributed by atoms with E-state index in [1.54, 1.807) is 24.3 Å². The van der Waals surface area contributed by atoms with E-state index >= 15 is 0 Å². The molecule has 0 radical (unpaired) electrons. The summed E-state index contributed by atoms with van der Waals surface area (Å²) in [6, 6.07) is 10.4.